The second-order valence-corrected chi connectivity index (χ2v) is 8.27. The van der Waals surface area contributed by atoms with E-state index in [-0.39, 0.29) is 5.56 Å². The Hall–Kier alpha value is -2.43. The molecule has 1 fully saturated rings. The standard InChI is InChI=1S/C25H29F3N2/c1-3-7-17(2)19-10-12-21(13-11-19)25(20-8-5-4-6-9-20)30-29-16-18-14-22(26)24(28)23(27)15-18/h4-6,8-9,14-17,19,21H,3,7,10-13H2,1-2H3. The largest absolute Gasteiger partial charge is 0.204 e. The molecular weight excluding hydrogens is 385 g/mol. The minimum absolute atomic E-state index is 0.139. The van der Waals surface area contributed by atoms with Gasteiger partial charge in [0.05, 0.1) is 11.9 Å². The first-order valence-electron chi connectivity index (χ1n) is 10.8. The fourth-order valence-electron chi connectivity index (χ4n) is 4.44. The van der Waals surface area contributed by atoms with Crippen molar-refractivity contribution in [2.45, 2.75) is 52.4 Å². The van der Waals surface area contributed by atoms with Gasteiger partial charge < -0.3 is 0 Å². The summed E-state index contributed by atoms with van der Waals surface area (Å²) in [6.45, 7) is 4.59. The van der Waals surface area contributed by atoms with Gasteiger partial charge in [0.25, 0.3) is 0 Å². The van der Waals surface area contributed by atoms with Gasteiger partial charge in [-0.25, -0.2) is 13.2 Å². The molecule has 1 saturated carbocycles. The zero-order valence-electron chi connectivity index (χ0n) is 17.6. The van der Waals surface area contributed by atoms with Crippen molar-refractivity contribution in [3.05, 3.63) is 71.0 Å². The third-order valence-corrected chi connectivity index (χ3v) is 6.16. The van der Waals surface area contributed by atoms with E-state index in [4.69, 9.17) is 0 Å². The van der Waals surface area contributed by atoms with Crippen LogP contribution in [0.25, 0.3) is 0 Å². The van der Waals surface area contributed by atoms with Gasteiger partial charge in [-0.1, -0.05) is 57.0 Å². The molecule has 0 aliphatic heterocycles. The zero-order valence-corrected chi connectivity index (χ0v) is 17.6. The highest BCUT2D eigenvalue weighted by molar-refractivity contribution is 6.02. The van der Waals surface area contributed by atoms with Gasteiger partial charge in [-0.2, -0.15) is 10.2 Å². The van der Waals surface area contributed by atoms with Crippen LogP contribution in [0, 0.1) is 35.2 Å². The zero-order chi connectivity index (χ0) is 21.5. The molecule has 1 unspecified atom stereocenters. The van der Waals surface area contributed by atoms with E-state index in [9.17, 15) is 13.2 Å². The van der Waals surface area contributed by atoms with E-state index in [1.807, 2.05) is 30.3 Å². The van der Waals surface area contributed by atoms with E-state index in [1.165, 1.54) is 31.9 Å². The first kappa shape index (κ1) is 22.3. The lowest BCUT2D eigenvalue weighted by Gasteiger charge is -2.32. The van der Waals surface area contributed by atoms with Crippen molar-refractivity contribution >= 4 is 11.9 Å². The maximum atomic E-state index is 13.4. The molecule has 1 aliphatic carbocycles. The molecule has 0 bridgehead atoms. The third kappa shape index (κ3) is 5.59. The Labute approximate surface area is 176 Å². The predicted molar refractivity (Wildman–Crippen MR) is 116 cm³/mol. The maximum Gasteiger partial charge on any atom is 0.194 e. The highest BCUT2D eigenvalue weighted by Crippen LogP contribution is 2.36. The van der Waals surface area contributed by atoms with E-state index in [0.717, 1.165) is 48.1 Å². The van der Waals surface area contributed by atoms with E-state index in [0.29, 0.717) is 5.92 Å². The summed E-state index contributed by atoms with van der Waals surface area (Å²) in [5.41, 5.74) is 2.05. The summed E-state index contributed by atoms with van der Waals surface area (Å²) in [5, 5.41) is 8.54. The van der Waals surface area contributed by atoms with Gasteiger partial charge in [-0.3, -0.25) is 0 Å². The summed E-state index contributed by atoms with van der Waals surface area (Å²) in [6.07, 6.45) is 8.22. The van der Waals surface area contributed by atoms with Crippen molar-refractivity contribution in [1.29, 1.82) is 0 Å². The summed E-state index contributed by atoms with van der Waals surface area (Å²) in [5.74, 6) is -2.14. The molecule has 0 radical (unpaired) electrons. The number of hydrogen-bond donors (Lipinski definition) is 0. The van der Waals surface area contributed by atoms with Crippen LogP contribution in [0.1, 0.15) is 63.5 Å². The van der Waals surface area contributed by atoms with Crippen LogP contribution >= 0.6 is 0 Å². The van der Waals surface area contributed by atoms with Crippen molar-refractivity contribution in [2.75, 3.05) is 0 Å². The molecule has 2 nitrogen and oxygen atoms in total. The van der Waals surface area contributed by atoms with Gasteiger partial charge in [0.15, 0.2) is 17.5 Å². The summed E-state index contributed by atoms with van der Waals surface area (Å²) in [4.78, 5) is 0. The first-order valence-corrected chi connectivity index (χ1v) is 10.8. The van der Waals surface area contributed by atoms with Gasteiger partial charge in [0.1, 0.15) is 0 Å². The predicted octanol–water partition coefficient (Wildman–Crippen LogP) is 7.17. The van der Waals surface area contributed by atoms with Crippen LogP contribution in [0.15, 0.2) is 52.7 Å². The second kappa shape index (κ2) is 10.6. The van der Waals surface area contributed by atoms with Gasteiger partial charge >= 0.3 is 0 Å². The highest BCUT2D eigenvalue weighted by atomic mass is 19.2. The Morgan fingerprint density at radius 1 is 1.03 bits per heavy atom. The van der Waals surface area contributed by atoms with E-state index >= 15 is 0 Å². The van der Waals surface area contributed by atoms with Crippen molar-refractivity contribution in [2.24, 2.45) is 28.0 Å². The Morgan fingerprint density at radius 3 is 2.27 bits per heavy atom. The summed E-state index contributed by atoms with van der Waals surface area (Å²) in [6, 6.07) is 11.7. The molecule has 0 spiro atoms. The molecule has 0 heterocycles. The molecule has 30 heavy (non-hydrogen) atoms. The molecule has 2 aromatic rings. The molecule has 3 rings (SSSR count). The number of benzene rings is 2. The Bertz CT molecular complexity index is 862. The fourth-order valence-corrected chi connectivity index (χ4v) is 4.44. The smallest absolute Gasteiger partial charge is 0.194 e. The quantitative estimate of drug-likeness (QED) is 0.261. The molecule has 160 valence electrons. The summed E-state index contributed by atoms with van der Waals surface area (Å²) < 4.78 is 40.0. The average molecular weight is 415 g/mol. The number of halogens is 3. The SMILES string of the molecule is CCCC(C)C1CCC(C(=NN=Cc2cc(F)c(F)c(F)c2)c2ccccc2)CC1. The Kier molecular flexibility index (Phi) is 7.83. The lowest BCUT2D eigenvalue weighted by atomic mass is 9.73. The van der Waals surface area contributed by atoms with Gasteiger partial charge in [-0.05, 0) is 55.2 Å². The maximum absolute atomic E-state index is 13.4. The summed E-state index contributed by atoms with van der Waals surface area (Å²) >= 11 is 0. The van der Waals surface area contributed by atoms with Crippen LogP contribution in [-0.2, 0) is 0 Å². The van der Waals surface area contributed by atoms with Crippen LogP contribution in [0.4, 0.5) is 13.2 Å². The minimum atomic E-state index is -1.48. The molecule has 5 heteroatoms. The third-order valence-electron chi connectivity index (χ3n) is 6.16. The lowest BCUT2D eigenvalue weighted by Crippen LogP contribution is -2.25. The topological polar surface area (TPSA) is 24.7 Å². The first-order chi connectivity index (χ1) is 14.5. The molecule has 1 aliphatic rings. The molecule has 0 amide bonds. The number of hydrogen-bond acceptors (Lipinski definition) is 2. The average Bonchev–Trinajstić information content (AvgIpc) is 2.76. The number of nitrogens with zero attached hydrogens (tertiary/aromatic N) is 2. The second-order valence-electron chi connectivity index (χ2n) is 8.27. The van der Waals surface area contributed by atoms with Crippen molar-refractivity contribution in [3.8, 4) is 0 Å². The van der Waals surface area contributed by atoms with Crippen LogP contribution in [0.3, 0.4) is 0 Å². The summed E-state index contributed by atoms with van der Waals surface area (Å²) in [7, 11) is 0. The Balaban J connectivity index is 1.79. The highest BCUT2D eigenvalue weighted by Gasteiger charge is 2.28. The Morgan fingerprint density at radius 2 is 1.67 bits per heavy atom. The van der Waals surface area contributed by atoms with Crippen molar-refractivity contribution in [3.63, 3.8) is 0 Å². The van der Waals surface area contributed by atoms with E-state index in [1.54, 1.807) is 0 Å². The van der Waals surface area contributed by atoms with Gasteiger partial charge in [-0.15, -0.1) is 0 Å². The van der Waals surface area contributed by atoms with Crippen LogP contribution in [0.2, 0.25) is 0 Å². The molecule has 0 aromatic heterocycles. The van der Waals surface area contributed by atoms with Crippen molar-refractivity contribution in [1.82, 2.24) is 0 Å². The van der Waals surface area contributed by atoms with Crippen molar-refractivity contribution < 1.29 is 13.2 Å². The van der Waals surface area contributed by atoms with Gasteiger partial charge in [0.2, 0.25) is 0 Å². The van der Waals surface area contributed by atoms with E-state index < -0.39 is 17.5 Å². The minimum Gasteiger partial charge on any atom is -0.204 e. The molecule has 1 atom stereocenters. The molecule has 0 saturated heterocycles. The van der Waals surface area contributed by atoms with Crippen LogP contribution in [-0.4, -0.2) is 11.9 Å². The molecular formula is C25H29F3N2. The van der Waals surface area contributed by atoms with Crippen LogP contribution in [0.5, 0.6) is 0 Å². The lowest BCUT2D eigenvalue weighted by molar-refractivity contribution is 0.232. The van der Waals surface area contributed by atoms with E-state index in [2.05, 4.69) is 24.1 Å². The molecule has 2 aromatic carbocycles. The van der Waals surface area contributed by atoms with Gasteiger partial charge in [0, 0.05) is 11.5 Å². The van der Waals surface area contributed by atoms with Crippen LogP contribution < -0.4 is 0 Å². The fraction of sp³-hybridized carbons (Fsp3) is 0.440. The number of rotatable bonds is 7. The molecule has 0 N–H and O–H groups in total. The monoisotopic (exact) mass is 414 g/mol. The normalized spacial score (nSPS) is 21.2.